The van der Waals surface area contributed by atoms with E-state index in [0.717, 1.165) is 32.1 Å². The van der Waals surface area contributed by atoms with Crippen LogP contribution in [0, 0.1) is 5.41 Å². The first-order valence-electron chi connectivity index (χ1n) is 9.96. The monoisotopic (exact) mass is 307 g/mol. The fourth-order valence-corrected chi connectivity index (χ4v) is 2.01. The Morgan fingerprint density at radius 2 is 1.29 bits per heavy atom. The second-order valence-electron chi connectivity index (χ2n) is 5.36. The van der Waals surface area contributed by atoms with Gasteiger partial charge in [0.05, 0.1) is 31.8 Å². The second kappa shape index (κ2) is 14.8. The molecule has 0 radical (unpaired) electrons. The van der Waals surface area contributed by atoms with Crippen LogP contribution in [0.3, 0.4) is 0 Å². The van der Waals surface area contributed by atoms with Crippen molar-refractivity contribution in [1.29, 1.82) is 0 Å². The van der Waals surface area contributed by atoms with Crippen LogP contribution < -0.4 is 0 Å². The molecule has 0 aromatic rings. The Morgan fingerprint density at radius 1 is 0.714 bits per heavy atom. The molecule has 0 N–H and O–H groups in total. The number of ether oxygens (including phenoxy) is 4. The molecule has 0 saturated carbocycles. The quantitative estimate of drug-likeness (QED) is 0.408. The summed E-state index contributed by atoms with van der Waals surface area (Å²) in [5.41, 5.74) is -0.353. The highest BCUT2D eigenvalue weighted by atomic mass is 16.5. The number of unbranched alkanes of at least 4 members (excludes halogenated alkanes) is 2. The predicted molar refractivity (Wildman–Crippen MR) is 86.9 cm³/mol. The van der Waals surface area contributed by atoms with Crippen molar-refractivity contribution in [1.82, 2.24) is 0 Å². The molecule has 0 aliphatic carbocycles. The van der Waals surface area contributed by atoms with Crippen LogP contribution in [0.15, 0.2) is 0 Å². The minimum Gasteiger partial charge on any atom is -0.384 e. The largest absolute Gasteiger partial charge is 0.384 e. The molecule has 0 aliphatic heterocycles. The van der Waals surface area contributed by atoms with E-state index in [2.05, 4.69) is 0 Å². The Bertz CT molecular complexity index is 246. The van der Waals surface area contributed by atoms with Crippen LogP contribution in [0.1, 0.15) is 56.9 Å². The summed E-state index contributed by atoms with van der Waals surface area (Å²) < 4.78 is 44.2. The molecule has 4 nitrogen and oxygen atoms in total. The summed E-state index contributed by atoms with van der Waals surface area (Å²) in [7, 11) is 1.66. The van der Waals surface area contributed by atoms with Crippen LogP contribution in [0.2, 0.25) is 0 Å². The van der Waals surface area contributed by atoms with Crippen LogP contribution in [-0.4, -0.2) is 53.4 Å². The lowest BCUT2D eigenvalue weighted by Gasteiger charge is -2.32. The maximum absolute atomic E-state index is 7.18. The van der Waals surface area contributed by atoms with Crippen LogP contribution in [-0.2, 0) is 18.9 Å². The molecule has 128 valence electrons. The Labute approximate surface area is 135 Å². The molecule has 0 aromatic carbocycles. The van der Waals surface area contributed by atoms with Gasteiger partial charge in [-0.1, -0.05) is 33.5 Å². The summed E-state index contributed by atoms with van der Waals surface area (Å²) in [6.45, 7) is 4.95. The van der Waals surface area contributed by atoms with Crippen molar-refractivity contribution in [3.05, 3.63) is 0 Å². The Kier molecular flexibility index (Phi) is 11.1. The molecule has 0 spiro atoms. The maximum Gasteiger partial charge on any atom is 0.0637 e. The summed E-state index contributed by atoms with van der Waals surface area (Å²) >= 11 is 0. The Balaban J connectivity index is 4.36. The van der Waals surface area contributed by atoms with Crippen molar-refractivity contribution in [2.24, 2.45) is 5.41 Å². The fourth-order valence-electron chi connectivity index (χ4n) is 2.01. The summed E-state index contributed by atoms with van der Waals surface area (Å²) in [5, 5.41) is 0. The lowest BCUT2D eigenvalue weighted by Crippen LogP contribution is -2.41. The molecule has 0 rings (SSSR count). The molecule has 0 aromatic heterocycles. The number of hydrogen-bond acceptors (Lipinski definition) is 4. The molecule has 0 fully saturated rings. The fraction of sp³-hybridized carbons (Fsp3) is 1.00. The third kappa shape index (κ3) is 11.1. The average Bonchev–Trinajstić information content (AvgIpc) is 2.59. The minimum absolute atomic E-state index is 0.353. The lowest BCUT2D eigenvalue weighted by atomic mass is 9.92. The van der Waals surface area contributed by atoms with Gasteiger partial charge < -0.3 is 18.9 Å². The average molecular weight is 307 g/mol. The molecule has 4 heteroatoms. The molecular formula is C17H36O4. The highest BCUT2D eigenvalue weighted by Crippen LogP contribution is 2.21. The number of hydrogen-bond donors (Lipinski definition) is 0. The SMILES string of the molecule is [2H]CCCCCOCC(COC)(COCCC[2H])COCCC[2H]. The number of rotatable bonds is 16. The van der Waals surface area contributed by atoms with Gasteiger partial charge in [-0.15, -0.1) is 0 Å². The van der Waals surface area contributed by atoms with Crippen LogP contribution >= 0.6 is 0 Å². The van der Waals surface area contributed by atoms with Crippen molar-refractivity contribution in [2.45, 2.75) is 52.8 Å². The van der Waals surface area contributed by atoms with Crippen molar-refractivity contribution in [2.75, 3.05) is 53.4 Å². The van der Waals surface area contributed by atoms with Gasteiger partial charge in [-0.2, -0.15) is 0 Å². The Morgan fingerprint density at radius 3 is 1.81 bits per heavy atom. The van der Waals surface area contributed by atoms with Gasteiger partial charge in [0.1, 0.15) is 0 Å². The molecule has 0 bridgehead atoms. The van der Waals surface area contributed by atoms with E-state index in [-0.39, 0.29) is 5.41 Å². The first kappa shape index (κ1) is 15.7. The lowest BCUT2D eigenvalue weighted by molar-refractivity contribution is -0.1000. The van der Waals surface area contributed by atoms with Crippen molar-refractivity contribution in [3.8, 4) is 0 Å². The van der Waals surface area contributed by atoms with Gasteiger partial charge in [-0.25, -0.2) is 0 Å². The van der Waals surface area contributed by atoms with Gasteiger partial charge in [0, 0.05) is 31.0 Å². The summed E-state index contributed by atoms with van der Waals surface area (Å²) in [6.07, 6.45) is 4.33. The van der Waals surface area contributed by atoms with Gasteiger partial charge in [-0.3, -0.25) is 0 Å². The highest BCUT2D eigenvalue weighted by Gasteiger charge is 2.32. The van der Waals surface area contributed by atoms with Gasteiger partial charge in [0.15, 0.2) is 0 Å². The maximum atomic E-state index is 7.18. The topological polar surface area (TPSA) is 36.9 Å². The summed E-state index contributed by atoms with van der Waals surface area (Å²) in [5.74, 6) is 0. The first-order chi connectivity index (χ1) is 11.7. The molecule has 21 heavy (non-hydrogen) atoms. The molecular weight excluding hydrogens is 268 g/mol. The van der Waals surface area contributed by atoms with E-state index in [1.54, 1.807) is 7.11 Å². The van der Waals surface area contributed by atoms with Crippen LogP contribution in [0.25, 0.3) is 0 Å². The van der Waals surface area contributed by atoms with Crippen molar-refractivity contribution in [3.63, 3.8) is 0 Å². The normalized spacial score (nSPS) is 13.9. The van der Waals surface area contributed by atoms with E-state index in [9.17, 15) is 0 Å². The molecule has 0 unspecified atom stereocenters. The summed E-state index contributed by atoms with van der Waals surface area (Å²) in [6, 6.07) is 0. The van der Waals surface area contributed by atoms with E-state index in [0.29, 0.717) is 66.9 Å². The molecule has 0 heterocycles. The highest BCUT2D eigenvalue weighted by molar-refractivity contribution is 4.79. The van der Waals surface area contributed by atoms with Crippen LogP contribution in [0.5, 0.6) is 0 Å². The summed E-state index contributed by atoms with van der Waals surface area (Å²) in [4.78, 5) is 0. The van der Waals surface area contributed by atoms with Gasteiger partial charge >= 0.3 is 0 Å². The third-order valence-electron chi connectivity index (χ3n) is 3.04. The van der Waals surface area contributed by atoms with Crippen molar-refractivity contribution >= 4 is 0 Å². The zero-order valence-corrected chi connectivity index (χ0v) is 13.7. The van der Waals surface area contributed by atoms with E-state index in [1.807, 2.05) is 0 Å². The zero-order chi connectivity index (χ0) is 17.9. The van der Waals surface area contributed by atoms with Crippen LogP contribution in [0.4, 0.5) is 0 Å². The van der Waals surface area contributed by atoms with Gasteiger partial charge in [0.2, 0.25) is 0 Å². The van der Waals surface area contributed by atoms with E-state index in [4.69, 9.17) is 23.1 Å². The van der Waals surface area contributed by atoms with E-state index in [1.165, 1.54) is 0 Å². The Hall–Kier alpha value is -0.160. The minimum atomic E-state index is -0.353. The van der Waals surface area contributed by atoms with Gasteiger partial charge in [-0.05, 0) is 19.3 Å². The predicted octanol–water partition coefficient (Wildman–Crippen LogP) is 3.68. The van der Waals surface area contributed by atoms with E-state index >= 15 is 0 Å². The van der Waals surface area contributed by atoms with Crippen molar-refractivity contribution < 1.29 is 23.1 Å². The molecule has 0 saturated heterocycles. The third-order valence-corrected chi connectivity index (χ3v) is 3.04. The zero-order valence-electron chi connectivity index (χ0n) is 16.7. The smallest absolute Gasteiger partial charge is 0.0637 e. The number of methoxy groups -OCH3 is 1. The molecule has 0 atom stereocenters. The second-order valence-corrected chi connectivity index (χ2v) is 5.36. The molecule has 0 aliphatic rings. The first-order valence-corrected chi connectivity index (χ1v) is 7.84. The molecule has 0 amide bonds. The van der Waals surface area contributed by atoms with E-state index < -0.39 is 0 Å². The standard InChI is InChI=1S/C17H36O4/c1-5-8-9-12-21-16-17(13-18-4,14-19-10-6-2)15-20-11-7-3/h5-16H2,1-4H3/i1D,2D,3D. The van der Waals surface area contributed by atoms with Gasteiger partial charge in [0.25, 0.3) is 0 Å².